The van der Waals surface area contributed by atoms with E-state index in [0.29, 0.717) is 11.5 Å². The summed E-state index contributed by atoms with van der Waals surface area (Å²) >= 11 is 0. The van der Waals surface area contributed by atoms with Crippen LogP contribution in [0.3, 0.4) is 0 Å². The fraction of sp³-hybridized carbons (Fsp3) is 0.312. The van der Waals surface area contributed by atoms with Crippen molar-refractivity contribution in [2.75, 3.05) is 0 Å². The van der Waals surface area contributed by atoms with Gasteiger partial charge in [0.2, 0.25) is 5.96 Å². The van der Waals surface area contributed by atoms with Crippen molar-refractivity contribution in [3.05, 3.63) is 60.3 Å². The maximum Gasteiger partial charge on any atom is 0.433 e. The second kappa shape index (κ2) is 5.99. The Kier molecular flexibility index (Phi) is 4.11. The van der Waals surface area contributed by atoms with Crippen LogP contribution in [0.4, 0.5) is 13.2 Å². The fourth-order valence-corrected chi connectivity index (χ4v) is 2.65. The summed E-state index contributed by atoms with van der Waals surface area (Å²) in [5.74, 6) is 0.352. The summed E-state index contributed by atoms with van der Waals surface area (Å²) in [4.78, 5) is 9.32. The van der Waals surface area contributed by atoms with E-state index in [2.05, 4.69) is 15.1 Å². The molecule has 0 amide bonds. The van der Waals surface area contributed by atoms with Crippen LogP contribution in [0.15, 0.2) is 54.1 Å². The minimum absolute atomic E-state index is 0.352. The van der Waals surface area contributed by atoms with Crippen LogP contribution in [0.1, 0.15) is 25.1 Å². The van der Waals surface area contributed by atoms with Crippen molar-refractivity contribution in [2.24, 2.45) is 4.99 Å². The highest BCUT2D eigenvalue weighted by atomic mass is 19.4. The van der Waals surface area contributed by atoms with E-state index in [-0.39, 0.29) is 0 Å². The van der Waals surface area contributed by atoms with Crippen molar-refractivity contribution >= 4 is 5.96 Å². The first-order chi connectivity index (χ1) is 11.7. The Morgan fingerprint density at radius 2 is 1.96 bits per heavy atom. The van der Waals surface area contributed by atoms with Crippen molar-refractivity contribution < 1.29 is 18.3 Å². The first-order valence-electron chi connectivity index (χ1n) is 7.47. The van der Waals surface area contributed by atoms with E-state index >= 15 is 0 Å². The first kappa shape index (κ1) is 17.2. The molecular weight excluding hydrogens is 335 g/mol. The van der Waals surface area contributed by atoms with Crippen LogP contribution in [0.2, 0.25) is 0 Å². The van der Waals surface area contributed by atoms with Gasteiger partial charge in [-0.05, 0) is 37.6 Å². The first-order valence-corrected chi connectivity index (χ1v) is 7.47. The summed E-state index contributed by atoms with van der Waals surface area (Å²) < 4.78 is 39.7. The summed E-state index contributed by atoms with van der Waals surface area (Å²) in [5.41, 5.74) is -1.37. The number of nitrogens with zero attached hydrogens (tertiary/aromatic N) is 5. The van der Waals surface area contributed by atoms with Crippen LogP contribution < -0.4 is 0 Å². The van der Waals surface area contributed by atoms with Crippen molar-refractivity contribution in [1.82, 2.24) is 19.7 Å². The molecule has 0 saturated heterocycles. The monoisotopic (exact) mass is 351 g/mol. The van der Waals surface area contributed by atoms with E-state index in [1.165, 1.54) is 23.0 Å². The minimum Gasteiger partial charge on any atom is -0.370 e. The van der Waals surface area contributed by atoms with Gasteiger partial charge in [-0.3, -0.25) is 4.98 Å². The van der Waals surface area contributed by atoms with Crippen LogP contribution in [0.5, 0.6) is 0 Å². The average Bonchev–Trinajstić information content (AvgIpc) is 3.08. The molecule has 1 unspecified atom stereocenters. The molecule has 0 saturated carbocycles. The van der Waals surface area contributed by atoms with E-state index in [1.807, 2.05) is 0 Å². The molecule has 1 aliphatic heterocycles. The summed E-state index contributed by atoms with van der Waals surface area (Å²) in [6.07, 6.45) is 1.81. The number of aliphatic hydroxyl groups is 1. The maximum atomic E-state index is 12.7. The van der Waals surface area contributed by atoms with Gasteiger partial charge in [0.05, 0.1) is 5.54 Å². The molecule has 3 heterocycles. The van der Waals surface area contributed by atoms with Crippen molar-refractivity contribution in [3.8, 4) is 0 Å². The van der Waals surface area contributed by atoms with Crippen molar-refractivity contribution in [1.29, 1.82) is 0 Å². The summed E-state index contributed by atoms with van der Waals surface area (Å²) in [5, 5.41) is 14.5. The highest BCUT2D eigenvalue weighted by Crippen LogP contribution is 2.33. The molecule has 25 heavy (non-hydrogen) atoms. The lowest BCUT2D eigenvalue weighted by molar-refractivity contribution is -0.141. The van der Waals surface area contributed by atoms with E-state index in [4.69, 9.17) is 0 Å². The molecule has 1 N–H and O–H groups in total. The summed E-state index contributed by atoms with van der Waals surface area (Å²) in [7, 11) is 0. The van der Waals surface area contributed by atoms with E-state index in [9.17, 15) is 18.3 Å². The lowest BCUT2D eigenvalue weighted by Gasteiger charge is -2.43. The van der Waals surface area contributed by atoms with Crippen LogP contribution in [0, 0.1) is 0 Å². The standard InChI is InChI=1S/C16H16F3N5O/c1-15(2,11-4-5-12(21-10-11)16(17,18)19)24-13(25)6-8-20-14(24)23-9-3-7-22-23/h3-10,13,25H,1-2H3. The topological polar surface area (TPSA) is 66.5 Å². The molecule has 0 radical (unpaired) electrons. The number of hydrogen-bond donors (Lipinski definition) is 1. The third-order valence-electron chi connectivity index (χ3n) is 4.00. The van der Waals surface area contributed by atoms with E-state index in [1.54, 1.807) is 37.2 Å². The van der Waals surface area contributed by atoms with Gasteiger partial charge >= 0.3 is 6.18 Å². The molecule has 6 nitrogen and oxygen atoms in total. The molecule has 0 fully saturated rings. The molecule has 2 aromatic heterocycles. The number of aliphatic hydroxyl groups excluding tert-OH is 1. The van der Waals surface area contributed by atoms with Crippen LogP contribution in [0.25, 0.3) is 0 Å². The Labute approximate surface area is 141 Å². The molecule has 1 atom stereocenters. The minimum atomic E-state index is -4.50. The Morgan fingerprint density at radius 3 is 2.52 bits per heavy atom. The van der Waals surface area contributed by atoms with Gasteiger partial charge in [0.15, 0.2) is 6.23 Å². The smallest absolute Gasteiger partial charge is 0.370 e. The molecule has 0 bridgehead atoms. The molecular formula is C16H16F3N5O. The lowest BCUT2D eigenvalue weighted by atomic mass is 9.93. The van der Waals surface area contributed by atoms with E-state index < -0.39 is 23.6 Å². The number of aliphatic imine (C=N–C) groups is 1. The van der Waals surface area contributed by atoms with Gasteiger partial charge in [-0.15, -0.1) is 0 Å². The number of rotatable bonds is 2. The third-order valence-corrected chi connectivity index (χ3v) is 4.00. The molecule has 0 spiro atoms. The molecule has 0 aliphatic carbocycles. The Hall–Kier alpha value is -2.68. The average molecular weight is 351 g/mol. The Bertz CT molecular complexity index is 794. The quantitative estimate of drug-likeness (QED) is 0.903. The zero-order valence-electron chi connectivity index (χ0n) is 13.5. The predicted molar refractivity (Wildman–Crippen MR) is 84.3 cm³/mol. The fourth-order valence-electron chi connectivity index (χ4n) is 2.65. The van der Waals surface area contributed by atoms with Gasteiger partial charge < -0.3 is 10.0 Å². The lowest BCUT2D eigenvalue weighted by Crippen LogP contribution is -2.54. The Morgan fingerprint density at radius 1 is 1.20 bits per heavy atom. The summed E-state index contributed by atoms with van der Waals surface area (Å²) in [6.45, 7) is 3.53. The molecule has 3 rings (SSSR count). The summed E-state index contributed by atoms with van der Waals surface area (Å²) in [6, 6.07) is 3.98. The highest BCUT2D eigenvalue weighted by Gasteiger charge is 2.38. The van der Waals surface area contributed by atoms with Crippen molar-refractivity contribution in [3.63, 3.8) is 0 Å². The number of aromatic nitrogens is 3. The largest absolute Gasteiger partial charge is 0.433 e. The third kappa shape index (κ3) is 3.14. The SMILES string of the molecule is CC(C)(c1ccc(C(F)(F)F)nc1)N1C(n2cccn2)=NC=CC1O. The molecule has 132 valence electrons. The van der Waals surface area contributed by atoms with Gasteiger partial charge in [-0.25, -0.2) is 9.67 Å². The van der Waals surface area contributed by atoms with E-state index in [0.717, 1.165) is 12.3 Å². The number of hydrogen-bond acceptors (Lipinski definition) is 5. The number of halogens is 3. The molecule has 0 aromatic carbocycles. The van der Waals surface area contributed by atoms with Gasteiger partial charge in [0, 0.05) is 24.8 Å². The van der Waals surface area contributed by atoms with Gasteiger partial charge in [-0.2, -0.15) is 18.3 Å². The second-order valence-corrected chi connectivity index (χ2v) is 5.99. The highest BCUT2D eigenvalue weighted by molar-refractivity contribution is 5.84. The predicted octanol–water partition coefficient (Wildman–Crippen LogP) is 2.58. The van der Waals surface area contributed by atoms with Gasteiger partial charge in [0.25, 0.3) is 0 Å². The Balaban J connectivity index is 2.00. The maximum absolute atomic E-state index is 12.7. The zero-order chi connectivity index (χ0) is 18.2. The van der Waals surface area contributed by atoms with Crippen LogP contribution in [-0.4, -0.2) is 37.0 Å². The molecule has 2 aromatic rings. The molecule has 1 aliphatic rings. The van der Waals surface area contributed by atoms with Gasteiger partial charge in [0.1, 0.15) is 5.69 Å². The second-order valence-electron chi connectivity index (χ2n) is 5.99. The van der Waals surface area contributed by atoms with Crippen LogP contribution in [-0.2, 0) is 11.7 Å². The van der Waals surface area contributed by atoms with Crippen LogP contribution >= 0.6 is 0 Å². The normalized spacial score (nSPS) is 18.4. The van der Waals surface area contributed by atoms with Crippen molar-refractivity contribution in [2.45, 2.75) is 31.8 Å². The zero-order valence-corrected chi connectivity index (χ0v) is 13.5. The number of alkyl halides is 3. The molecule has 9 heteroatoms. The number of pyridine rings is 1. The van der Waals surface area contributed by atoms with Gasteiger partial charge in [-0.1, -0.05) is 6.07 Å².